The lowest BCUT2D eigenvalue weighted by atomic mass is 10.0. The van der Waals surface area contributed by atoms with E-state index in [1.807, 2.05) is 6.07 Å². The topological polar surface area (TPSA) is 94.9 Å². The summed E-state index contributed by atoms with van der Waals surface area (Å²) in [6, 6.07) is 6.68. The Morgan fingerprint density at radius 1 is 1.15 bits per heavy atom. The molecule has 1 aromatic carbocycles. The fourth-order valence-electron chi connectivity index (χ4n) is 3.05. The molecular weight excluding hydrogens is 372 g/mol. The van der Waals surface area contributed by atoms with E-state index in [2.05, 4.69) is 4.74 Å². The molecule has 1 atom stereocenters. The fourth-order valence-corrected chi connectivity index (χ4v) is 4.06. The first-order valence-electron chi connectivity index (χ1n) is 8.11. The van der Waals surface area contributed by atoms with E-state index >= 15 is 0 Å². The van der Waals surface area contributed by atoms with Gasteiger partial charge in [0.2, 0.25) is 5.91 Å². The van der Waals surface area contributed by atoms with Crippen molar-refractivity contribution in [3.05, 3.63) is 40.2 Å². The van der Waals surface area contributed by atoms with Crippen LogP contribution in [-0.4, -0.2) is 52.6 Å². The Labute approximate surface area is 159 Å². The van der Waals surface area contributed by atoms with Gasteiger partial charge in [-0.2, -0.15) is 0 Å². The second-order valence-electron chi connectivity index (χ2n) is 6.00. The summed E-state index contributed by atoms with van der Waals surface area (Å²) >= 11 is 0.885. The zero-order valence-corrected chi connectivity index (χ0v) is 15.9. The van der Waals surface area contributed by atoms with Crippen LogP contribution in [0.1, 0.15) is 5.56 Å². The van der Waals surface area contributed by atoms with Crippen LogP contribution in [0, 0.1) is 0 Å². The minimum atomic E-state index is -0.650. The number of nitrogens with zero attached hydrogens (tertiary/aromatic N) is 2. The van der Waals surface area contributed by atoms with Crippen LogP contribution in [0.2, 0.25) is 0 Å². The minimum Gasteiger partial charge on any atom is -0.495 e. The number of imide groups is 1. The fraction of sp³-hybridized carbons (Fsp3) is 0.333. The molecule has 27 heavy (non-hydrogen) atoms. The molecule has 1 unspecified atom stereocenters. The van der Waals surface area contributed by atoms with Crippen LogP contribution in [0.4, 0.5) is 4.79 Å². The van der Waals surface area contributed by atoms with Gasteiger partial charge in [-0.3, -0.25) is 24.1 Å². The number of methoxy groups -OCH3 is 2. The van der Waals surface area contributed by atoms with Gasteiger partial charge in [0.25, 0.3) is 10.8 Å². The highest BCUT2D eigenvalue weighted by atomic mass is 32.2. The zero-order chi connectivity index (χ0) is 19.7. The Hall–Kier alpha value is -2.81. The van der Waals surface area contributed by atoms with E-state index in [4.69, 9.17) is 4.74 Å². The van der Waals surface area contributed by atoms with Gasteiger partial charge in [-0.15, -0.1) is 0 Å². The molecule has 0 saturated carbocycles. The van der Waals surface area contributed by atoms with Crippen molar-refractivity contribution in [2.75, 3.05) is 20.8 Å². The van der Waals surface area contributed by atoms with E-state index in [1.54, 1.807) is 19.2 Å². The van der Waals surface area contributed by atoms with Crippen molar-refractivity contribution in [3.8, 4) is 5.75 Å². The second kappa shape index (κ2) is 7.43. The first-order valence-corrected chi connectivity index (χ1v) is 8.99. The summed E-state index contributed by atoms with van der Waals surface area (Å²) < 4.78 is 11.4. The van der Waals surface area contributed by atoms with Crippen LogP contribution < -0.4 is 10.3 Å². The van der Waals surface area contributed by atoms with Gasteiger partial charge in [-0.25, -0.2) is 0 Å². The van der Waals surface area contributed by atoms with Crippen LogP contribution in [0.3, 0.4) is 0 Å². The van der Waals surface area contributed by atoms with Crippen LogP contribution >= 0.6 is 11.8 Å². The first-order chi connectivity index (χ1) is 12.9. The predicted octanol–water partition coefficient (Wildman–Crippen LogP) is 1.33. The summed E-state index contributed by atoms with van der Waals surface area (Å²) in [5.74, 6) is -0.533. The predicted molar refractivity (Wildman–Crippen MR) is 99.9 cm³/mol. The molecule has 9 heteroatoms. The van der Waals surface area contributed by atoms with Crippen molar-refractivity contribution < 1.29 is 23.9 Å². The lowest BCUT2D eigenvalue weighted by Crippen LogP contribution is -2.36. The summed E-state index contributed by atoms with van der Waals surface area (Å²) in [6.45, 7) is -0.393. The third kappa shape index (κ3) is 3.42. The number of thioether (sulfide) groups is 1. The van der Waals surface area contributed by atoms with Crippen LogP contribution in [0.5, 0.6) is 5.75 Å². The van der Waals surface area contributed by atoms with Crippen LogP contribution in [0.15, 0.2) is 29.1 Å². The Bertz CT molecular complexity index is 999. The largest absolute Gasteiger partial charge is 0.495 e. The molecule has 142 valence electrons. The van der Waals surface area contributed by atoms with Gasteiger partial charge in [-0.1, -0.05) is 17.8 Å². The lowest BCUT2D eigenvalue weighted by Gasteiger charge is -2.15. The number of benzene rings is 1. The van der Waals surface area contributed by atoms with Gasteiger partial charge in [0, 0.05) is 18.5 Å². The smallest absolute Gasteiger partial charge is 0.325 e. The molecule has 1 saturated heterocycles. The zero-order valence-electron chi connectivity index (χ0n) is 15.1. The van der Waals surface area contributed by atoms with Crippen molar-refractivity contribution in [3.63, 3.8) is 0 Å². The Kier molecular flexibility index (Phi) is 5.22. The maximum atomic E-state index is 12.5. The molecule has 0 spiro atoms. The number of rotatable bonds is 5. The van der Waals surface area contributed by atoms with Crippen LogP contribution in [0.25, 0.3) is 10.9 Å². The molecule has 1 aliphatic heterocycles. The normalized spacial score (nSPS) is 16.9. The molecule has 3 rings (SSSR count). The van der Waals surface area contributed by atoms with Crippen molar-refractivity contribution in [2.45, 2.75) is 11.7 Å². The highest BCUT2D eigenvalue weighted by Crippen LogP contribution is 2.33. The monoisotopic (exact) mass is 390 g/mol. The van der Waals surface area contributed by atoms with Gasteiger partial charge in [0.05, 0.1) is 25.0 Å². The lowest BCUT2D eigenvalue weighted by molar-refractivity contribution is -0.144. The molecule has 2 aromatic rings. The molecule has 8 nitrogen and oxygen atoms in total. The number of ether oxygens (including phenoxy) is 2. The van der Waals surface area contributed by atoms with E-state index in [-0.39, 0.29) is 12.0 Å². The quantitative estimate of drug-likeness (QED) is 0.711. The summed E-state index contributed by atoms with van der Waals surface area (Å²) in [5.41, 5.74) is 1.25. The molecule has 0 bridgehead atoms. The highest BCUT2D eigenvalue weighted by Gasteiger charge is 2.40. The van der Waals surface area contributed by atoms with Crippen LogP contribution in [-0.2, 0) is 27.8 Å². The number of aryl methyl sites for hydroxylation is 1. The van der Waals surface area contributed by atoms with Crippen molar-refractivity contribution in [2.24, 2.45) is 7.05 Å². The van der Waals surface area contributed by atoms with Crippen molar-refractivity contribution in [1.29, 1.82) is 0 Å². The van der Waals surface area contributed by atoms with E-state index in [1.165, 1.54) is 24.9 Å². The summed E-state index contributed by atoms with van der Waals surface area (Å²) in [5, 5.41) is -0.347. The standard InChI is InChI=1S/C18H18N2O6S/c1-19-14(21)7-5-11-10(4-6-12(25-2)16(11)19)8-13-17(23)20(18(24)27-13)9-15(22)26-3/h4-7,13H,8-9H2,1-3H3. The number of hydrogen-bond donors (Lipinski definition) is 0. The van der Waals surface area contributed by atoms with E-state index < -0.39 is 28.9 Å². The van der Waals surface area contributed by atoms with Crippen molar-refractivity contribution in [1.82, 2.24) is 9.47 Å². The summed E-state index contributed by atoms with van der Waals surface area (Å²) in [4.78, 5) is 48.9. The van der Waals surface area contributed by atoms with E-state index in [0.717, 1.165) is 27.6 Å². The number of pyridine rings is 1. The third-order valence-corrected chi connectivity index (χ3v) is 5.55. The Morgan fingerprint density at radius 3 is 2.56 bits per heavy atom. The SMILES string of the molecule is COC(=O)CN1C(=O)SC(Cc2ccc(OC)c3c2ccc(=O)n3C)C1=O. The number of amides is 2. The molecular formula is C18H18N2O6S. The van der Waals surface area contributed by atoms with Gasteiger partial charge in [-0.05, 0) is 24.1 Å². The third-order valence-electron chi connectivity index (χ3n) is 4.47. The molecule has 0 aliphatic carbocycles. The van der Waals surface area contributed by atoms with Gasteiger partial charge >= 0.3 is 5.97 Å². The molecule has 0 N–H and O–H groups in total. The van der Waals surface area contributed by atoms with E-state index in [9.17, 15) is 19.2 Å². The molecule has 1 aromatic heterocycles. The second-order valence-corrected chi connectivity index (χ2v) is 7.15. The number of esters is 1. The average molecular weight is 390 g/mol. The van der Waals surface area contributed by atoms with Gasteiger partial charge in [0.15, 0.2) is 0 Å². The van der Waals surface area contributed by atoms with Gasteiger partial charge < -0.3 is 14.0 Å². The molecule has 1 fully saturated rings. The number of hydrogen-bond acceptors (Lipinski definition) is 7. The molecule has 2 amide bonds. The first kappa shape index (κ1) is 19.0. The number of fused-ring (bicyclic) bond motifs is 1. The Morgan fingerprint density at radius 2 is 1.89 bits per heavy atom. The number of carbonyl (C=O) groups is 3. The number of aromatic nitrogens is 1. The van der Waals surface area contributed by atoms with Crippen molar-refractivity contribution >= 4 is 39.8 Å². The number of carbonyl (C=O) groups excluding carboxylic acids is 3. The molecule has 2 heterocycles. The van der Waals surface area contributed by atoms with E-state index in [0.29, 0.717) is 11.3 Å². The molecule has 1 aliphatic rings. The maximum absolute atomic E-state index is 12.5. The average Bonchev–Trinajstić information content (AvgIpc) is 2.92. The minimum absolute atomic E-state index is 0.177. The maximum Gasteiger partial charge on any atom is 0.325 e. The summed E-state index contributed by atoms with van der Waals surface area (Å²) in [6.07, 6.45) is 0.283. The highest BCUT2D eigenvalue weighted by molar-refractivity contribution is 8.15. The Balaban J connectivity index is 1.95. The van der Waals surface area contributed by atoms with Gasteiger partial charge in [0.1, 0.15) is 12.3 Å². The molecule has 0 radical (unpaired) electrons. The summed E-state index contributed by atoms with van der Waals surface area (Å²) in [7, 11) is 4.37.